The molecule has 1 aliphatic rings. The topological polar surface area (TPSA) is 44.9 Å². The van der Waals surface area contributed by atoms with Crippen molar-refractivity contribution in [3.63, 3.8) is 0 Å². The van der Waals surface area contributed by atoms with Crippen molar-refractivity contribution in [1.82, 2.24) is 10.3 Å². The fourth-order valence-corrected chi connectivity index (χ4v) is 2.77. The molecule has 1 fully saturated rings. The average Bonchev–Trinajstić information content (AvgIpc) is 3.23. The number of hydrogen-bond donors (Lipinski definition) is 2. The van der Waals surface area contributed by atoms with Crippen molar-refractivity contribution in [1.29, 1.82) is 0 Å². The molecule has 2 aromatic carbocycles. The number of rotatable bonds is 3. The van der Waals surface area contributed by atoms with Crippen molar-refractivity contribution >= 4 is 16.8 Å². The third-order valence-corrected chi connectivity index (χ3v) is 4.23. The summed E-state index contributed by atoms with van der Waals surface area (Å²) in [6.07, 6.45) is 2.21. The molecule has 1 saturated carbocycles. The van der Waals surface area contributed by atoms with Gasteiger partial charge in [-0.25, -0.2) is 0 Å². The van der Waals surface area contributed by atoms with Crippen LogP contribution >= 0.6 is 0 Å². The van der Waals surface area contributed by atoms with Crippen LogP contribution in [0.1, 0.15) is 28.8 Å². The van der Waals surface area contributed by atoms with Gasteiger partial charge in [0.15, 0.2) is 0 Å². The highest BCUT2D eigenvalue weighted by Gasteiger charge is 2.24. The number of H-pyrrole nitrogens is 1. The van der Waals surface area contributed by atoms with E-state index in [1.54, 1.807) is 0 Å². The van der Waals surface area contributed by atoms with Gasteiger partial charge >= 0.3 is 0 Å². The predicted octanol–water partition coefficient (Wildman–Crippen LogP) is 4.04. The Bertz CT molecular complexity index is 826. The zero-order chi connectivity index (χ0) is 15.1. The SMILES string of the molecule is Cc1ccc(C(=O)NC2CC2)cc1-c1cc2ccccc2[nH]1. The number of amides is 1. The smallest absolute Gasteiger partial charge is 0.251 e. The number of aromatic nitrogens is 1. The van der Waals surface area contributed by atoms with Gasteiger partial charge in [-0.2, -0.15) is 0 Å². The Morgan fingerprint density at radius 1 is 1.14 bits per heavy atom. The molecule has 0 bridgehead atoms. The Labute approximate surface area is 129 Å². The normalized spacial score (nSPS) is 14.2. The van der Waals surface area contributed by atoms with Crippen LogP contribution in [0.4, 0.5) is 0 Å². The highest BCUT2D eigenvalue weighted by Crippen LogP contribution is 2.28. The summed E-state index contributed by atoms with van der Waals surface area (Å²) in [4.78, 5) is 15.7. The molecule has 0 unspecified atom stereocenters. The maximum Gasteiger partial charge on any atom is 0.251 e. The summed E-state index contributed by atoms with van der Waals surface area (Å²) in [5.74, 6) is 0.0276. The van der Waals surface area contributed by atoms with Gasteiger partial charge in [-0.3, -0.25) is 4.79 Å². The van der Waals surface area contributed by atoms with Crippen LogP contribution in [0.3, 0.4) is 0 Å². The second-order valence-electron chi connectivity index (χ2n) is 6.05. The zero-order valence-electron chi connectivity index (χ0n) is 12.5. The van der Waals surface area contributed by atoms with E-state index in [-0.39, 0.29) is 5.91 Å². The van der Waals surface area contributed by atoms with Gasteiger partial charge in [0.25, 0.3) is 5.91 Å². The molecule has 0 aliphatic heterocycles. The first-order valence-corrected chi connectivity index (χ1v) is 7.70. The van der Waals surface area contributed by atoms with Crippen molar-refractivity contribution in [2.45, 2.75) is 25.8 Å². The number of para-hydroxylation sites is 1. The van der Waals surface area contributed by atoms with Gasteiger partial charge in [0.2, 0.25) is 0 Å². The molecule has 110 valence electrons. The molecular formula is C19H18N2O. The number of aryl methyl sites for hydroxylation is 1. The summed E-state index contributed by atoms with van der Waals surface area (Å²) in [7, 11) is 0. The lowest BCUT2D eigenvalue weighted by molar-refractivity contribution is 0.0951. The number of aromatic amines is 1. The number of carbonyl (C=O) groups excluding carboxylic acids is 1. The summed E-state index contributed by atoms with van der Waals surface area (Å²) in [6, 6.07) is 16.6. The largest absolute Gasteiger partial charge is 0.355 e. The molecule has 3 heteroatoms. The molecule has 1 aromatic heterocycles. The van der Waals surface area contributed by atoms with Gasteiger partial charge in [0, 0.05) is 33.8 Å². The number of carbonyl (C=O) groups is 1. The number of benzene rings is 2. The van der Waals surface area contributed by atoms with E-state index in [4.69, 9.17) is 0 Å². The van der Waals surface area contributed by atoms with Gasteiger partial charge in [-0.05, 0) is 49.6 Å². The van der Waals surface area contributed by atoms with Crippen LogP contribution in [-0.4, -0.2) is 16.9 Å². The van der Waals surface area contributed by atoms with Crippen LogP contribution in [0.15, 0.2) is 48.5 Å². The summed E-state index contributed by atoms with van der Waals surface area (Å²) < 4.78 is 0. The molecular weight excluding hydrogens is 272 g/mol. The van der Waals surface area contributed by atoms with Crippen LogP contribution in [0, 0.1) is 6.92 Å². The minimum Gasteiger partial charge on any atom is -0.355 e. The maximum atomic E-state index is 12.2. The van der Waals surface area contributed by atoms with Gasteiger partial charge in [0.05, 0.1) is 0 Å². The van der Waals surface area contributed by atoms with Crippen molar-refractivity contribution in [2.75, 3.05) is 0 Å². The molecule has 0 radical (unpaired) electrons. The van der Waals surface area contributed by atoms with E-state index in [1.807, 2.05) is 30.3 Å². The highest BCUT2D eigenvalue weighted by atomic mass is 16.1. The quantitative estimate of drug-likeness (QED) is 0.751. The minimum absolute atomic E-state index is 0.0276. The van der Waals surface area contributed by atoms with E-state index in [0.29, 0.717) is 6.04 Å². The summed E-state index contributed by atoms with van der Waals surface area (Å²) in [6.45, 7) is 2.07. The molecule has 2 N–H and O–H groups in total. The number of nitrogens with one attached hydrogen (secondary N) is 2. The van der Waals surface area contributed by atoms with Crippen molar-refractivity contribution in [3.8, 4) is 11.3 Å². The lowest BCUT2D eigenvalue weighted by Crippen LogP contribution is -2.25. The Morgan fingerprint density at radius 3 is 2.73 bits per heavy atom. The molecule has 3 aromatic rings. The molecule has 0 saturated heterocycles. The predicted molar refractivity (Wildman–Crippen MR) is 89.0 cm³/mol. The van der Waals surface area contributed by atoms with Crippen LogP contribution in [0.2, 0.25) is 0 Å². The first kappa shape index (κ1) is 13.1. The van der Waals surface area contributed by atoms with Gasteiger partial charge in [-0.15, -0.1) is 0 Å². The lowest BCUT2D eigenvalue weighted by atomic mass is 10.0. The average molecular weight is 290 g/mol. The van der Waals surface area contributed by atoms with Crippen molar-refractivity contribution < 1.29 is 4.79 Å². The van der Waals surface area contributed by atoms with Crippen LogP contribution in [0.25, 0.3) is 22.2 Å². The van der Waals surface area contributed by atoms with Gasteiger partial charge < -0.3 is 10.3 Å². The lowest BCUT2D eigenvalue weighted by Gasteiger charge is -2.08. The molecule has 4 rings (SSSR count). The fourth-order valence-electron chi connectivity index (χ4n) is 2.77. The van der Waals surface area contributed by atoms with E-state index >= 15 is 0 Å². The Kier molecular flexibility index (Phi) is 3.00. The van der Waals surface area contributed by atoms with Crippen LogP contribution in [0.5, 0.6) is 0 Å². The van der Waals surface area contributed by atoms with E-state index in [9.17, 15) is 4.79 Å². The highest BCUT2D eigenvalue weighted by molar-refractivity contribution is 5.96. The molecule has 3 nitrogen and oxygen atoms in total. The van der Waals surface area contributed by atoms with Gasteiger partial charge in [0.1, 0.15) is 0 Å². The molecule has 22 heavy (non-hydrogen) atoms. The summed E-state index contributed by atoms with van der Waals surface area (Å²) in [5, 5.41) is 4.23. The monoisotopic (exact) mass is 290 g/mol. The standard InChI is InChI=1S/C19H18N2O/c1-12-6-7-14(19(22)20-15-8-9-15)10-16(12)18-11-13-4-2-3-5-17(13)21-18/h2-7,10-11,15,21H,8-9H2,1H3,(H,20,22). The molecule has 0 atom stereocenters. The fraction of sp³-hybridized carbons (Fsp3) is 0.211. The maximum absolute atomic E-state index is 12.2. The number of hydrogen-bond acceptors (Lipinski definition) is 1. The molecule has 1 aliphatic carbocycles. The second kappa shape index (κ2) is 5.02. The second-order valence-corrected chi connectivity index (χ2v) is 6.05. The zero-order valence-corrected chi connectivity index (χ0v) is 12.5. The first-order valence-electron chi connectivity index (χ1n) is 7.70. The summed E-state index contributed by atoms with van der Waals surface area (Å²) >= 11 is 0. The van der Waals surface area contributed by atoms with E-state index < -0.39 is 0 Å². The molecule has 1 heterocycles. The Balaban J connectivity index is 1.74. The third kappa shape index (κ3) is 2.39. The Hall–Kier alpha value is -2.55. The first-order chi connectivity index (χ1) is 10.7. The molecule has 0 spiro atoms. The minimum atomic E-state index is 0.0276. The van der Waals surface area contributed by atoms with E-state index in [2.05, 4.69) is 35.4 Å². The van der Waals surface area contributed by atoms with Gasteiger partial charge in [-0.1, -0.05) is 24.3 Å². The number of fused-ring (bicyclic) bond motifs is 1. The van der Waals surface area contributed by atoms with Crippen molar-refractivity contribution in [2.24, 2.45) is 0 Å². The Morgan fingerprint density at radius 2 is 1.95 bits per heavy atom. The van der Waals surface area contributed by atoms with E-state index in [1.165, 1.54) is 5.39 Å². The van der Waals surface area contributed by atoms with Crippen LogP contribution in [-0.2, 0) is 0 Å². The third-order valence-electron chi connectivity index (χ3n) is 4.23. The van der Waals surface area contributed by atoms with E-state index in [0.717, 1.165) is 40.7 Å². The van der Waals surface area contributed by atoms with Crippen LogP contribution < -0.4 is 5.32 Å². The van der Waals surface area contributed by atoms with Crippen molar-refractivity contribution in [3.05, 3.63) is 59.7 Å². The molecule has 1 amide bonds. The summed E-state index contributed by atoms with van der Waals surface area (Å²) in [5.41, 5.74) is 5.14.